The summed E-state index contributed by atoms with van der Waals surface area (Å²) in [5.41, 5.74) is 0.851. The molecule has 29 heavy (non-hydrogen) atoms. The number of anilines is 1. The van der Waals surface area contributed by atoms with Gasteiger partial charge in [0.1, 0.15) is 5.52 Å². The van der Waals surface area contributed by atoms with Crippen molar-refractivity contribution in [3.05, 3.63) is 29.2 Å². The third kappa shape index (κ3) is 6.62. The Labute approximate surface area is 162 Å². The van der Waals surface area contributed by atoms with Crippen LogP contribution in [0.3, 0.4) is 0 Å². The van der Waals surface area contributed by atoms with Crippen LogP contribution in [0.15, 0.2) is 24.3 Å². The van der Waals surface area contributed by atoms with Crippen LogP contribution in [0.5, 0.6) is 0 Å². The van der Waals surface area contributed by atoms with Gasteiger partial charge in [0, 0.05) is 32.2 Å². The topological polar surface area (TPSA) is 133 Å². The third-order valence-electron chi connectivity index (χ3n) is 3.86. The first-order valence-electron chi connectivity index (χ1n) is 8.67. The minimum atomic E-state index is -4.96. The van der Waals surface area contributed by atoms with Crippen molar-refractivity contribution in [3.63, 3.8) is 0 Å². The molecular weight excluding hydrogens is 397 g/mol. The molecule has 0 saturated carbocycles. The van der Waals surface area contributed by atoms with Crippen molar-refractivity contribution in [3.8, 4) is 0 Å². The number of para-hydroxylation sites is 2. The van der Waals surface area contributed by atoms with E-state index in [1.54, 1.807) is 29.6 Å². The lowest BCUT2D eigenvalue weighted by Gasteiger charge is -2.19. The Kier molecular flexibility index (Phi) is 7.33. The van der Waals surface area contributed by atoms with Gasteiger partial charge in [-0.15, -0.1) is 0 Å². The lowest BCUT2D eigenvalue weighted by molar-refractivity contribution is -0.535. The molecule has 0 radical (unpaired) electrons. The number of nitrogens with one attached hydrogen (secondary N) is 3. The monoisotopic (exact) mass is 417 g/mol. The van der Waals surface area contributed by atoms with Crippen molar-refractivity contribution < 1.29 is 32.4 Å². The molecule has 0 spiro atoms. The lowest BCUT2D eigenvalue weighted by Crippen LogP contribution is -2.39. The highest BCUT2D eigenvalue weighted by Crippen LogP contribution is 2.13. The summed E-state index contributed by atoms with van der Waals surface area (Å²) in [6.07, 6.45) is -5.78. The van der Waals surface area contributed by atoms with E-state index in [0.717, 1.165) is 4.90 Å². The molecule has 1 aromatic heterocycles. The van der Waals surface area contributed by atoms with E-state index < -0.39 is 18.2 Å². The van der Waals surface area contributed by atoms with Crippen LogP contribution in [0, 0.1) is 4.91 Å². The van der Waals surface area contributed by atoms with Crippen molar-refractivity contribution in [2.45, 2.75) is 19.0 Å². The average molecular weight is 417 g/mol. The second-order valence-corrected chi connectivity index (χ2v) is 6.01. The molecule has 0 unspecified atom stereocenters. The minimum Gasteiger partial charge on any atom is -0.465 e. The molecular formula is C16H20F3N6O4+. The molecule has 10 nitrogen and oxygen atoms in total. The van der Waals surface area contributed by atoms with Gasteiger partial charge in [-0.2, -0.15) is 13.2 Å². The predicted molar refractivity (Wildman–Crippen MR) is 95.8 cm³/mol. The Hall–Kier alpha value is -3.38. The second-order valence-electron chi connectivity index (χ2n) is 6.01. The van der Waals surface area contributed by atoms with Gasteiger partial charge in [-0.1, -0.05) is 17.2 Å². The Morgan fingerprint density at radius 1 is 1.17 bits per heavy atom. The molecule has 0 bridgehead atoms. The molecule has 13 heteroatoms. The first kappa shape index (κ1) is 21.9. The summed E-state index contributed by atoms with van der Waals surface area (Å²) in [5, 5.41) is 16.2. The van der Waals surface area contributed by atoms with E-state index in [2.05, 4.69) is 15.4 Å². The van der Waals surface area contributed by atoms with Crippen LogP contribution in [-0.4, -0.2) is 64.4 Å². The van der Waals surface area contributed by atoms with Crippen molar-refractivity contribution in [2.75, 3.05) is 31.5 Å². The third-order valence-corrected chi connectivity index (χ3v) is 3.86. The van der Waals surface area contributed by atoms with Crippen LogP contribution in [0.1, 0.15) is 12.8 Å². The second kappa shape index (κ2) is 9.71. The number of rotatable bonds is 9. The molecule has 4 N–H and O–H groups in total. The smallest absolute Gasteiger partial charge is 0.465 e. The number of hydrogen-bond donors (Lipinski definition) is 4. The molecule has 0 saturated heterocycles. The van der Waals surface area contributed by atoms with E-state index in [1.807, 2.05) is 0 Å². The van der Waals surface area contributed by atoms with E-state index in [9.17, 15) is 27.7 Å². The molecule has 2 aromatic rings. The number of halogens is 3. The number of carbonyl (C=O) groups excluding carboxylic acids is 1. The fourth-order valence-electron chi connectivity index (χ4n) is 2.46. The number of nitrogens with zero attached hydrogens (tertiary/aromatic N) is 3. The molecule has 158 valence electrons. The molecule has 1 aromatic carbocycles. The van der Waals surface area contributed by atoms with E-state index in [4.69, 9.17) is 5.11 Å². The zero-order valence-corrected chi connectivity index (χ0v) is 15.2. The minimum absolute atomic E-state index is 0.0334. The van der Waals surface area contributed by atoms with Gasteiger partial charge in [0.05, 0.1) is 4.91 Å². The van der Waals surface area contributed by atoms with E-state index in [-0.39, 0.29) is 32.0 Å². The maximum Gasteiger partial charge on any atom is 0.471 e. The zero-order valence-electron chi connectivity index (χ0n) is 15.2. The van der Waals surface area contributed by atoms with Gasteiger partial charge in [-0.05, 0) is 18.9 Å². The number of carboxylic acid groups (broad SMARTS) is 1. The summed E-state index contributed by atoms with van der Waals surface area (Å²) in [5.74, 6) is -1.84. The number of amides is 2. The number of H-pyrrole nitrogens is 1. The standard InChI is InChI=1S/C16H19F3N6O4/c17-16(18,19)13(26)20-7-3-9-24(15(27)28)10-4-8-21-14-22-11-5-1-2-6-12(11)25(29)23-14/h1-2,5-6H,3-4,7-10H2,(H3-,20,21,22,23,26,27,28,29)/p+1. The molecule has 1 heterocycles. The average Bonchev–Trinajstić information content (AvgIpc) is 2.65. The largest absolute Gasteiger partial charge is 0.471 e. The highest BCUT2D eigenvalue weighted by Gasteiger charge is 2.38. The van der Waals surface area contributed by atoms with Gasteiger partial charge < -0.3 is 20.6 Å². The predicted octanol–water partition coefficient (Wildman–Crippen LogP) is 1.33. The van der Waals surface area contributed by atoms with Crippen molar-refractivity contribution in [2.24, 2.45) is 0 Å². The number of fused-ring (bicyclic) bond motifs is 1. The number of alkyl halides is 3. The summed E-state index contributed by atoms with van der Waals surface area (Å²) in [7, 11) is 0. The zero-order chi connectivity index (χ0) is 21.4. The molecule has 2 rings (SSSR count). The first-order chi connectivity index (χ1) is 13.7. The van der Waals surface area contributed by atoms with Crippen molar-refractivity contribution in [1.82, 2.24) is 20.3 Å². The molecule has 0 atom stereocenters. The Balaban J connectivity index is 1.76. The SMILES string of the molecule is O=C(O)N(CCCNC(=O)C(F)(F)F)CCCNc1nc2ccccc2[n+](=O)[nH]1. The van der Waals surface area contributed by atoms with Crippen LogP contribution >= 0.6 is 0 Å². The summed E-state index contributed by atoms with van der Waals surface area (Å²) in [6, 6.07) is 6.72. The van der Waals surface area contributed by atoms with Crippen molar-refractivity contribution >= 4 is 29.0 Å². The molecule has 0 aliphatic rings. The Morgan fingerprint density at radius 3 is 2.48 bits per heavy atom. The number of aromatic amines is 1. The number of carbonyl (C=O) groups is 2. The lowest BCUT2D eigenvalue weighted by atomic mass is 10.3. The summed E-state index contributed by atoms with van der Waals surface area (Å²) in [6.45, 7) is 0.0885. The highest BCUT2D eigenvalue weighted by atomic mass is 19.4. The van der Waals surface area contributed by atoms with Gasteiger partial charge >= 0.3 is 23.7 Å². The molecule has 2 amide bonds. The maximum absolute atomic E-state index is 12.1. The van der Waals surface area contributed by atoms with Crippen molar-refractivity contribution in [1.29, 1.82) is 0 Å². The van der Waals surface area contributed by atoms with E-state index >= 15 is 0 Å². The van der Waals surface area contributed by atoms with Crippen LogP contribution in [0.25, 0.3) is 11.0 Å². The molecule has 0 aliphatic heterocycles. The van der Waals surface area contributed by atoms with Gasteiger partial charge in [-0.25, -0.2) is 9.78 Å². The van der Waals surface area contributed by atoms with E-state index in [1.165, 1.54) is 0 Å². The fraction of sp³-hybridized carbons (Fsp3) is 0.438. The summed E-state index contributed by atoms with van der Waals surface area (Å²) in [4.78, 5) is 39.1. The van der Waals surface area contributed by atoms with E-state index in [0.29, 0.717) is 28.5 Å². The van der Waals surface area contributed by atoms with Crippen LogP contribution in [0.4, 0.5) is 23.9 Å². The first-order valence-corrected chi connectivity index (χ1v) is 8.67. The Bertz CT molecular complexity index is 917. The van der Waals surface area contributed by atoms with Gasteiger partial charge in [-0.3, -0.25) is 4.79 Å². The van der Waals surface area contributed by atoms with Crippen LogP contribution in [0.2, 0.25) is 0 Å². The van der Waals surface area contributed by atoms with Crippen LogP contribution < -0.4 is 15.2 Å². The van der Waals surface area contributed by atoms with Gasteiger partial charge in [0.15, 0.2) is 4.54 Å². The van der Waals surface area contributed by atoms with Crippen LogP contribution in [-0.2, 0) is 4.79 Å². The molecule has 0 fully saturated rings. The summed E-state index contributed by atoms with van der Waals surface area (Å²) < 4.78 is 36.8. The maximum atomic E-state index is 12.1. The normalized spacial score (nSPS) is 11.3. The quantitative estimate of drug-likeness (QED) is 0.359. The summed E-state index contributed by atoms with van der Waals surface area (Å²) >= 11 is 0. The fourth-order valence-corrected chi connectivity index (χ4v) is 2.46. The highest BCUT2D eigenvalue weighted by molar-refractivity contribution is 5.81. The van der Waals surface area contributed by atoms with Gasteiger partial charge in [0.2, 0.25) is 0 Å². The number of aromatic nitrogens is 3. The number of benzene rings is 1. The molecule has 0 aliphatic carbocycles. The van der Waals surface area contributed by atoms with Gasteiger partial charge in [0.25, 0.3) is 5.95 Å². The number of hydrogen-bond acceptors (Lipinski definition) is 5. The Morgan fingerprint density at radius 2 is 1.83 bits per heavy atom.